The quantitative estimate of drug-likeness (QED) is 0.864. The van der Waals surface area contributed by atoms with E-state index in [1.165, 1.54) is 12.0 Å². The number of methoxy groups -OCH3 is 1. The smallest absolute Gasteiger partial charge is 0.259 e. The number of rotatable bonds is 3. The van der Waals surface area contributed by atoms with E-state index in [2.05, 4.69) is 4.98 Å². The number of aryl methyl sites for hydroxylation is 1. The number of hydrogen-bond acceptors (Lipinski definition) is 4. The minimum atomic E-state index is -0.239. The molecule has 24 heavy (non-hydrogen) atoms. The van der Waals surface area contributed by atoms with Crippen LogP contribution in [0.4, 0.5) is 5.69 Å². The Hall–Kier alpha value is -2.89. The summed E-state index contributed by atoms with van der Waals surface area (Å²) in [5, 5.41) is 0. The minimum absolute atomic E-state index is 0.0464. The lowest BCUT2D eigenvalue weighted by molar-refractivity contribution is -0.120. The number of nitrogens with zero attached hydrogens (tertiary/aromatic N) is 3. The van der Waals surface area contributed by atoms with Crippen molar-refractivity contribution in [3.8, 4) is 5.88 Å². The van der Waals surface area contributed by atoms with E-state index in [0.29, 0.717) is 18.7 Å². The maximum atomic E-state index is 12.6. The lowest BCUT2D eigenvalue weighted by Crippen LogP contribution is -2.52. The van der Waals surface area contributed by atoms with E-state index < -0.39 is 0 Å². The second-order valence-electron chi connectivity index (χ2n) is 5.67. The predicted octanol–water partition coefficient (Wildman–Crippen LogP) is 1.89. The van der Waals surface area contributed by atoms with Gasteiger partial charge in [0.05, 0.1) is 7.11 Å². The molecule has 0 aliphatic carbocycles. The van der Waals surface area contributed by atoms with Crippen LogP contribution in [-0.2, 0) is 4.79 Å². The second kappa shape index (κ2) is 6.70. The van der Waals surface area contributed by atoms with Gasteiger partial charge in [0.1, 0.15) is 12.1 Å². The zero-order valence-corrected chi connectivity index (χ0v) is 13.7. The van der Waals surface area contributed by atoms with Crippen LogP contribution in [0.25, 0.3) is 0 Å². The number of amides is 2. The molecule has 0 atom stereocenters. The number of anilines is 1. The summed E-state index contributed by atoms with van der Waals surface area (Å²) in [6, 6.07) is 11.1. The first-order valence-corrected chi connectivity index (χ1v) is 7.75. The summed E-state index contributed by atoms with van der Waals surface area (Å²) in [7, 11) is 1.47. The summed E-state index contributed by atoms with van der Waals surface area (Å²) >= 11 is 0. The number of hydrogen-bond donors (Lipinski definition) is 0. The van der Waals surface area contributed by atoms with Gasteiger partial charge in [0, 0.05) is 25.0 Å². The zero-order valence-electron chi connectivity index (χ0n) is 13.7. The molecule has 0 spiro atoms. The number of ether oxygens (including phenoxy) is 1. The summed E-state index contributed by atoms with van der Waals surface area (Å²) in [5.41, 5.74) is 2.37. The van der Waals surface area contributed by atoms with Crippen LogP contribution in [0.2, 0.25) is 0 Å². The molecule has 2 heterocycles. The molecule has 1 aliphatic heterocycles. The molecule has 1 aromatic heterocycles. The first kappa shape index (κ1) is 16.0. The van der Waals surface area contributed by atoms with E-state index in [-0.39, 0.29) is 24.2 Å². The lowest BCUT2D eigenvalue weighted by atomic mass is 10.1. The summed E-state index contributed by atoms with van der Waals surface area (Å²) in [6.07, 6.45) is 1.57. The molecule has 0 radical (unpaired) electrons. The lowest BCUT2D eigenvalue weighted by Gasteiger charge is -2.34. The standard InChI is InChI=1S/C18H19N3O3/c1-13-5-7-14(8-6-13)21-11-10-20(12-16(21)22)18(23)15-4-3-9-19-17(15)24-2/h3-9H,10-12H2,1-2H3. The van der Waals surface area contributed by atoms with Crippen LogP contribution in [0.5, 0.6) is 5.88 Å². The van der Waals surface area contributed by atoms with Crippen molar-refractivity contribution in [3.05, 3.63) is 53.7 Å². The highest BCUT2D eigenvalue weighted by molar-refractivity contribution is 6.02. The molecule has 2 aromatic rings. The molecule has 3 rings (SSSR count). The normalized spacial score (nSPS) is 14.7. The van der Waals surface area contributed by atoms with Gasteiger partial charge in [-0.1, -0.05) is 17.7 Å². The Morgan fingerprint density at radius 3 is 2.58 bits per heavy atom. The highest BCUT2D eigenvalue weighted by Gasteiger charge is 2.29. The molecule has 1 aliphatic rings. The fraction of sp³-hybridized carbons (Fsp3) is 0.278. The van der Waals surface area contributed by atoms with Gasteiger partial charge in [-0.3, -0.25) is 9.59 Å². The summed E-state index contributed by atoms with van der Waals surface area (Å²) in [5.74, 6) is -0.0610. The van der Waals surface area contributed by atoms with Crippen molar-refractivity contribution in [2.45, 2.75) is 6.92 Å². The molecule has 1 fully saturated rings. The summed E-state index contributed by atoms with van der Waals surface area (Å²) < 4.78 is 5.13. The Labute approximate surface area is 140 Å². The van der Waals surface area contributed by atoms with Crippen LogP contribution in [0, 0.1) is 6.92 Å². The molecule has 1 aromatic carbocycles. The van der Waals surface area contributed by atoms with Crippen LogP contribution < -0.4 is 9.64 Å². The molecule has 6 heteroatoms. The van der Waals surface area contributed by atoms with Crippen molar-refractivity contribution in [1.82, 2.24) is 9.88 Å². The Balaban J connectivity index is 1.74. The Morgan fingerprint density at radius 1 is 1.17 bits per heavy atom. The molecule has 0 N–H and O–H groups in total. The summed E-state index contributed by atoms with van der Waals surface area (Å²) in [6.45, 7) is 2.99. The average molecular weight is 325 g/mol. The van der Waals surface area contributed by atoms with E-state index in [9.17, 15) is 9.59 Å². The topological polar surface area (TPSA) is 62.7 Å². The number of benzene rings is 1. The summed E-state index contributed by atoms with van der Waals surface area (Å²) in [4.78, 5) is 32.4. The first-order chi connectivity index (χ1) is 11.6. The SMILES string of the molecule is COc1ncccc1C(=O)N1CCN(c2ccc(C)cc2)C(=O)C1. The van der Waals surface area contributed by atoms with Crippen LogP contribution in [0.3, 0.4) is 0 Å². The largest absolute Gasteiger partial charge is 0.480 e. The van der Waals surface area contributed by atoms with E-state index in [0.717, 1.165) is 11.3 Å². The van der Waals surface area contributed by atoms with Crippen molar-refractivity contribution in [1.29, 1.82) is 0 Å². The monoisotopic (exact) mass is 325 g/mol. The third-order valence-electron chi connectivity index (χ3n) is 4.05. The number of carbonyl (C=O) groups excluding carboxylic acids is 2. The fourth-order valence-corrected chi connectivity index (χ4v) is 2.73. The molecular weight excluding hydrogens is 306 g/mol. The molecule has 0 bridgehead atoms. The van der Waals surface area contributed by atoms with Gasteiger partial charge < -0.3 is 14.5 Å². The Morgan fingerprint density at radius 2 is 1.92 bits per heavy atom. The number of carbonyl (C=O) groups is 2. The Kier molecular flexibility index (Phi) is 4.46. The third kappa shape index (κ3) is 3.08. The van der Waals surface area contributed by atoms with Gasteiger partial charge in [-0.05, 0) is 31.2 Å². The highest BCUT2D eigenvalue weighted by atomic mass is 16.5. The van der Waals surface area contributed by atoms with Gasteiger partial charge in [0.15, 0.2) is 0 Å². The minimum Gasteiger partial charge on any atom is -0.480 e. The maximum absolute atomic E-state index is 12.6. The van der Waals surface area contributed by atoms with Crippen LogP contribution in [0.15, 0.2) is 42.6 Å². The Bertz CT molecular complexity index is 758. The van der Waals surface area contributed by atoms with Crippen LogP contribution >= 0.6 is 0 Å². The van der Waals surface area contributed by atoms with Crippen molar-refractivity contribution in [2.75, 3.05) is 31.6 Å². The van der Waals surface area contributed by atoms with Crippen molar-refractivity contribution in [2.24, 2.45) is 0 Å². The van der Waals surface area contributed by atoms with E-state index in [1.54, 1.807) is 23.2 Å². The maximum Gasteiger partial charge on any atom is 0.259 e. The van der Waals surface area contributed by atoms with Crippen LogP contribution in [0.1, 0.15) is 15.9 Å². The molecule has 6 nitrogen and oxygen atoms in total. The number of aromatic nitrogens is 1. The fourth-order valence-electron chi connectivity index (χ4n) is 2.73. The molecular formula is C18H19N3O3. The zero-order chi connectivity index (χ0) is 17.1. The van der Waals surface area contributed by atoms with Crippen LogP contribution in [-0.4, -0.2) is 48.4 Å². The van der Waals surface area contributed by atoms with Gasteiger partial charge in [0.25, 0.3) is 5.91 Å². The predicted molar refractivity (Wildman–Crippen MR) is 90.2 cm³/mol. The van der Waals surface area contributed by atoms with Gasteiger partial charge in [-0.25, -0.2) is 4.98 Å². The molecule has 0 saturated carbocycles. The highest BCUT2D eigenvalue weighted by Crippen LogP contribution is 2.21. The molecule has 124 valence electrons. The van der Waals surface area contributed by atoms with Gasteiger partial charge in [0.2, 0.25) is 11.8 Å². The van der Waals surface area contributed by atoms with Gasteiger partial charge in [-0.15, -0.1) is 0 Å². The van der Waals surface area contributed by atoms with Crippen molar-refractivity contribution < 1.29 is 14.3 Å². The van der Waals surface area contributed by atoms with Crippen molar-refractivity contribution in [3.63, 3.8) is 0 Å². The van der Waals surface area contributed by atoms with E-state index in [4.69, 9.17) is 4.74 Å². The third-order valence-corrected chi connectivity index (χ3v) is 4.05. The number of piperazine rings is 1. The molecule has 0 unspecified atom stereocenters. The van der Waals surface area contributed by atoms with E-state index in [1.807, 2.05) is 31.2 Å². The van der Waals surface area contributed by atoms with E-state index >= 15 is 0 Å². The first-order valence-electron chi connectivity index (χ1n) is 7.75. The second-order valence-corrected chi connectivity index (χ2v) is 5.67. The van der Waals surface area contributed by atoms with Gasteiger partial charge >= 0.3 is 0 Å². The number of pyridine rings is 1. The average Bonchev–Trinajstić information content (AvgIpc) is 2.62. The molecule has 1 saturated heterocycles. The molecule has 2 amide bonds. The van der Waals surface area contributed by atoms with Gasteiger partial charge in [-0.2, -0.15) is 0 Å². The van der Waals surface area contributed by atoms with Crippen molar-refractivity contribution >= 4 is 17.5 Å².